The number of anilines is 1. The van der Waals surface area contributed by atoms with E-state index < -0.39 is 0 Å². The highest BCUT2D eigenvalue weighted by Crippen LogP contribution is 2.26. The van der Waals surface area contributed by atoms with Gasteiger partial charge in [0.25, 0.3) is 0 Å². The molecule has 0 aliphatic heterocycles. The monoisotopic (exact) mass is 180 g/mol. The third kappa shape index (κ3) is 1.67. The zero-order valence-corrected chi connectivity index (χ0v) is 7.69. The molecule has 13 heavy (non-hydrogen) atoms. The van der Waals surface area contributed by atoms with E-state index >= 15 is 0 Å². The molecule has 1 aromatic heterocycles. The molecule has 2 unspecified atom stereocenters. The Morgan fingerprint density at radius 1 is 1.38 bits per heavy atom. The molecule has 1 saturated carbocycles. The highest BCUT2D eigenvalue weighted by Gasteiger charge is 2.23. The van der Waals surface area contributed by atoms with Crippen LogP contribution in [0.4, 0.5) is 5.69 Å². The molecule has 1 aromatic rings. The first-order valence-corrected chi connectivity index (χ1v) is 4.82. The second kappa shape index (κ2) is 3.38. The number of nitrogens with zero attached hydrogens (tertiary/aromatic N) is 2. The molecule has 1 fully saturated rings. The average Bonchev–Trinajstić information content (AvgIpc) is 2.53. The molecule has 0 radical (unpaired) electrons. The number of aromatic nitrogens is 2. The van der Waals surface area contributed by atoms with Gasteiger partial charge in [-0.1, -0.05) is 12.8 Å². The zero-order valence-electron chi connectivity index (χ0n) is 7.69. The molecule has 0 aromatic carbocycles. The van der Waals surface area contributed by atoms with Crippen LogP contribution in [-0.2, 0) is 0 Å². The van der Waals surface area contributed by atoms with Gasteiger partial charge in [0.15, 0.2) is 0 Å². The normalized spacial score (nSPS) is 29.0. The van der Waals surface area contributed by atoms with Crippen LogP contribution in [0, 0.1) is 0 Å². The third-order valence-electron chi connectivity index (χ3n) is 2.74. The lowest BCUT2D eigenvalue weighted by Crippen LogP contribution is -2.35. The van der Waals surface area contributed by atoms with Crippen LogP contribution in [0.5, 0.6) is 0 Å². The first-order valence-electron chi connectivity index (χ1n) is 4.82. The Morgan fingerprint density at radius 3 is 2.77 bits per heavy atom. The van der Waals surface area contributed by atoms with Crippen LogP contribution < -0.4 is 11.5 Å². The molecule has 72 valence electrons. The minimum atomic E-state index is 0.244. The van der Waals surface area contributed by atoms with E-state index in [1.807, 2.05) is 10.9 Å². The Kier molecular flexibility index (Phi) is 2.22. The van der Waals surface area contributed by atoms with Crippen molar-refractivity contribution >= 4 is 5.69 Å². The molecule has 0 saturated heterocycles. The Balaban J connectivity index is 2.14. The molecule has 0 bridgehead atoms. The van der Waals surface area contributed by atoms with Crippen molar-refractivity contribution in [2.24, 2.45) is 5.73 Å². The van der Waals surface area contributed by atoms with Crippen molar-refractivity contribution in [1.82, 2.24) is 9.78 Å². The Morgan fingerprint density at radius 2 is 2.15 bits per heavy atom. The predicted octanol–water partition coefficient (Wildman–Crippen LogP) is 0.908. The van der Waals surface area contributed by atoms with Crippen LogP contribution in [0.15, 0.2) is 12.4 Å². The van der Waals surface area contributed by atoms with Gasteiger partial charge in [-0.15, -0.1) is 0 Å². The Bertz CT molecular complexity index is 281. The highest BCUT2D eigenvalue weighted by atomic mass is 15.3. The van der Waals surface area contributed by atoms with Gasteiger partial charge in [-0.05, 0) is 12.8 Å². The molecular formula is C9H16N4. The number of hydrogen-bond donors (Lipinski definition) is 2. The van der Waals surface area contributed by atoms with E-state index in [2.05, 4.69) is 5.10 Å². The van der Waals surface area contributed by atoms with Crippen molar-refractivity contribution in [1.29, 1.82) is 0 Å². The lowest BCUT2D eigenvalue weighted by molar-refractivity contribution is 0.286. The predicted molar refractivity (Wildman–Crippen MR) is 52.1 cm³/mol. The van der Waals surface area contributed by atoms with Gasteiger partial charge in [-0.25, -0.2) is 0 Å². The van der Waals surface area contributed by atoms with Crippen molar-refractivity contribution in [3.63, 3.8) is 0 Å². The maximum absolute atomic E-state index is 6.02. The van der Waals surface area contributed by atoms with Gasteiger partial charge in [-0.2, -0.15) is 5.10 Å². The summed E-state index contributed by atoms with van der Waals surface area (Å²) >= 11 is 0. The highest BCUT2D eigenvalue weighted by molar-refractivity contribution is 5.30. The van der Waals surface area contributed by atoms with Gasteiger partial charge < -0.3 is 11.5 Å². The fraction of sp³-hybridized carbons (Fsp3) is 0.667. The standard InChI is InChI=1S/C9H16N4/c10-7-5-12-13(6-7)9-4-2-1-3-8(9)11/h5-6,8-9H,1-4,10-11H2. The van der Waals surface area contributed by atoms with Crippen molar-refractivity contribution in [2.75, 3.05) is 5.73 Å². The van der Waals surface area contributed by atoms with Crippen molar-refractivity contribution in [3.05, 3.63) is 12.4 Å². The molecule has 4 heteroatoms. The van der Waals surface area contributed by atoms with Gasteiger partial charge in [0.1, 0.15) is 0 Å². The topological polar surface area (TPSA) is 69.9 Å². The van der Waals surface area contributed by atoms with E-state index in [0.717, 1.165) is 18.5 Å². The van der Waals surface area contributed by atoms with E-state index in [4.69, 9.17) is 11.5 Å². The Hall–Kier alpha value is -1.03. The van der Waals surface area contributed by atoms with Crippen LogP contribution in [-0.4, -0.2) is 15.8 Å². The summed E-state index contributed by atoms with van der Waals surface area (Å²) in [6.07, 6.45) is 8.27. The molecule has 0 amide bonds. The average molecular weight is 180 g/mol. The van der Waals surface area contributed by atoms with Gasteiger partial charge >= 0.3 is 0 Å². The van der Waals surface area contributed by atoms with Crippen molar-refractivity contribution in [3.8, 4) is 0 Å². The maximum atomic E-state index is 6.02. The summed E-state index contributed by atoms with van der Waals surface area (Å²) < 4.78 is 1.92. The summed E-state index contributed by atoms with van der Waals surface area (Å²) in [5.41, 5.74) is 12.3. The summed E-state index contributed by atoms with van der Waals surface area (Å²) in [5.74, 6) is 0. The largest absolute Gasteiger partial charge is 0.396 e. The number of hydrogen-bond acceptors (Lipinski definition) is 3. The molecule has 4 N–H and O–H groups in total. The third-order valence-corrected chi connectivity index (χ3v) is 2.74. The van der Waals surface area contributed by atoms with Crippen LogP contribution in [0.1, 0.15) is 31.7 Å². The van der Waals surface area contributed by atoms with Crippen LogP contribution in [0.2, 0.25) is 0 Å². The SMILES string of the molecule is Nc1cnn(C2CCCCC2N)c1. The Labute approximate surface area is 77.9 Å². The van der Waals surface area contributed by atoms with Crippen molar-refractivity contribution in [2.45, 2.75) is 37.8 Å². The minimum absolute atomic E-state index is 0.244. The first kappa shape index (κ1) is 8.56. The van der Waals surface area contributed by atoms with Crippen LogP contribution in [0.3, 0.4) is 0 Å². The zero-order chi connectivity index (χ0) is 9.26. The molecule has 1 aliphatic carbocycles. The number of nitrogen functional groups attached to an aromatic ring is 1. The van der Waals surface area contributed by atoms with E-state index in [1.54, 1.807) is 6.20 Å². The number of rotatable bonds is 1. The van der Waals surface area contributed by atoms with E-state index in [0.29, 0.717) is 6.04 Å². The fourth-order valence-corrected chi connectivity index (χ4v) is 2.00. The molecular weight excluding hydrogens is 164 g/mol. The molecule has 0 spiro atoms. The van der Waals surface area contributed by atoms with Gasteiger partial charge in [-0.3, -0.25) is 4.68 Å². The number of nitrogens with two attached hydrogens (primary N) is 2. The lowest BCUT2D eigenvalue weighted by atomic mass is 9.91. The smallest absolute Gasteiger partial charge is 0.0719 e. The van der Waals surface area contributed by atoms with E-state index in [9.17, 15) is 0 Å². The minimum Gasteiger partial charge on any atom is -0.396 e. The van der Waals surface area contributed by atoms with Gasteiger partial charge in [0.05, 0.1) is 17.9 Å². The van der Waals surface area contributed by atoms with E-state index in [1.165, 1.54) is 12.8 Å². The molecule has 4 nitrogen and oxygen atoms in total. The summed E-state index contributed by atoms with van der Waals surface area (Å²) in [6.45, 7) is 0. The van der Waals surface area contributed by atoms with Gasteiger partial charge in [0.2, 0.25) is 0 Å². The second-order valence-electron chi connectivity index (χ2n) is 3.77. The van der Waals surface area contributed by atoms with Crippen LogP contribution >= 0.6 is 0 Å². The fourth-order valence-electron chi connectivity index (χ4n) is 2.00. The quantitative estimate of drug-likeness (QED) is 0.674. The molecule has 2 rings (SSSR count). The second-order valence-corrected chi connectivity index (χ2v) is 3.77. The molecule has 1 aliphatic rings. The summed E-state index contributed by atoms with van der Waals surface area (Å²) in [5, 5.41) is 4.20. The molecule has 1 heterocycles. The summed E-state index contributed by atoms with van der Waals surface area (Å²) in [7, 11) is 0. The van der Waals surface area contributed by atoms with Gasteiger partial charge in [0, 0.05) is 12.2 Å². The van der Waals surface area contributed by atoms with E-state index in [-0.39, 0.29) is 6.04 Å². The summed E-state index contributed by atoms with van der Waals surface area (Å²) in [6, 6.07) is 0.596. The van der Waals surface area contributed by atoms with Crippen LogP contribution in [0.25, 0.3) is 0 Å². The van der Waals surface area contributed by atoms with Crippen molar-refractivity contribution < 1.29 is 0 Å². The first-order chi connectivity index (χ1) is 6.27. The lowest BCUT2D eigenvalue weighted by Gasteiger charge is -2.28. The maximum Gasteiger partial charge on any atom is 0.0719 e. The molecule has 2 atom stereocenters. The summed E-state index contributed by atoms with van der Waals surface area (Å²) in [4.78, 5) is 0.